The minimum atomic E-state index is -0.915. The van der Waals surface area contributed by atoms with Crippen LogP contribution in [0.25, 0.3) is 10.4 Å². The van der Waals surface area contributed by atoms with Crippen molar-refractivity contribution in [1.82, 2.24) is 25.4 Å². The number of amides is 5. The number of carbonyl (C=O) groups is 5. The van der Waals surface area contributed by atoms with Crippen molar-refractivity contribution >= 4 is 52.6 Å². The number of aliphatic hydroxyl groups is 1. The molecule has 0 radical (unpaired) electrons. The van der Waals surface area contributed by atoms with E-state index in [1.807, 2.05) is 50.5 Å². The third-order valence-electron chi connectivity index (χ3n) is 9.21. The molecule has 0 saturated carbocycles. The number of likely N-dealkylation sites (tertiary alicyclic amines) is 1. The van der Waals surface area contributed by atoms with Crippen LogP contribution in [-0.4, -0.2) is 91.2 Å². The van der Waals surface area contributed by atoms with Crippen molar-refractivity contribution in [2.24, 2.45) is 0 Å². The SMILES string of the molecule is CC(=O)N[C@H](C(=O)N1C[C@H](O)C[C@H]1C(=O)NCc1ccc(-c2scnc2C)cc1)C(C)(C)SCCCCCCN1C(=O)c2ccccc2C1=O. The highest BCUT2D eigenvalue weighted by Gasteiger charge is 2.45. The number of aromatic nitrogens is 1. The summed E-state index contributed by atoms with van der Waals surface area (Å²) >= 11 is 3.14. The Morgan fingerprint density at radius 3 is 2.30 bits per heavy atom. The van der Waals surface area contributed by atoms with Gasteiger partial charge in [-0.2, -0.15) is 11.8 Å². The second kappa shape index (κ2) is 16.3. The van der Waals surface area contributed by atoms with E-state index >= 15 is 0 Å². The smallest absolute Gasteiger partial charge is 0.261 e. The quantitative estimate of drug-likeness (QED) is 0.153. The zero-order valence-electron chi connectivity index (χ0n) is 28.9. The molecule has 1 fully saturated rings. The van der Waals surface area contributed by atoms with E-state index < -0.39 is 28.8 Å². The van der Waals surface area contributed by atoms with Crippen LogP contribution in [0.5, 0.6) is 0 Å². The molecule has 0 bridgehead atoms. The van der Waals surface area contributed by atoms with Gasteiger partial charge in [0.15, 0.2) is 0 Å². The van der Waals surface area contributed by atoms with Gasteiger partial charge in [-0.15, -0.1) is 11.3 Å². The van der Waals surface area contributed by atoms with Gasteiger partial charge in [0, 0.05) is 37.7 Å². The second-order valence-electron chi connectivity index (χ2n) is 13.4. The first-order chi connectivity index (χ1) is 23.9. The van der Waals surface area contributed by atoms with Gasteiger partial charge in [-0.25, -0.2) is 4.98 Å². The Balaban J connectivity index is 1.11. The fraction of sp³-hybridized carbons (Fsp3) is 0.459. The van der Waals surface area contributed by atoms with E-state index in [1.54, 1.807) is 47.4 Å². The Kier molecular flexibility index (Phi) is 12.1. The highest BCUT2D eigenvalue weighted by molar-refractivity contribution is 8.00. The molecule has 5 rings (SSSR count). The van der Waals surface area contributed by atoms with Gasteiger partial charge in [-0.3, -0.25) is 28.9 Å². The first-order valence-corrected chi connectivity index (χ1v) is 18.9. The molecule has 50 heavy (non-hydrogen) atoms. The van der Waals surface area contributed by atoms with Crippen LogP contribution < -0.4 is 10.6 Å². The predicted octanol–water partition coefficient (Wildman–Crippen LogP) is 4.57. The summed E-state index contributed by atoms with van der Waals surface area (Å²) in [6.07, 6.45) is 2.51. The van der Waals surface area contributed by atoms with Gasteiger partial charge in [-0.05, 0) is 62.6 Å². The van der Waals surface area contributed by atoms with Crippen LogP contribution in [0.1, 0.15) is 84.8 Å². The highest BCUT2D eigenvalue weighted by Crippen LogP contribution is 2.33. The lowest BCUT2D eigenvalue weighted by atomic mass is 10.0. The van der Waals surface area contributed by atoms with Gasteiger partial charge < -0.3 is 20.6 Å². The lowest BCUT2D eigenvalue weighted by molar-refractivity contribution is -0.142. The van der Waals surface area contributed by atoms with Gasteiger partial charge in [0.2, 0.25) is 17.7 Å². The Morgan fingerprint density at radius 1 is 1.02 bits per heavy atom. The molecule has 0 aliphatic carbocycles. The van der Waals surface area contributed by atoms with Crippen LogP contribution in [0, 0.1) is 6.92 Å². The van der Waals surface area contributed by atoms with E-state index in [0.717, 1.165) is 46.7 Å². The molecule has 1 aromatic heterocycles. The third-order valence-corrected chi connectivity index (χ3v) is 11.7. The molecule has 5 amide bonds. The van der Waals surface area contributed by atoms with E-state index in [-0.39, 0.29) is 43.1 Å². The monoisotopic (exact) mass is 719 g/mol. The lowest BCUT2D eigenvalue weighted by Gasteiger charge is -2.37. The Hall–Kier alpha value is -4.07. The summed E-state index contributed by atoms with van der Waals surface area (Å²) in [6.45, 7) is 7.77. The molecule has 11 nitrogen and oxygen atoms in total. The Morgan fingerprint density at radius 2 is 1.68 bits per heavy atom. The van der Waals surface area contributed by atoms with Crippen LogP contribution in [0.2, 0.25) is 0 Å². The first kappa shape index (κ1) is 37.2. The molecular weight excluding hydrogens is 675 g/mol. The molecule has 3 heterocycles. The van der Waals surface area contributed by atoms with Gasteiger partial charge in [0.05, 0.1) is 33.3 Å². The summed E-state index contributed by atoms with van der Waals surface area (Å²) in [5.41, 5.74) is 5.65. The van der Waals surface area contributed by atoms with Gasteiger partial charge >= 0.3 is 0 Å². The summed E-state index contributed by atoms with van der Waals surface area (Å²) in [4.78, 5) is 73.0. The predicted molar refractivity (Wildman–Crippen MR) is 195 cm³/mol. The van der Waals surface area contributed by atoms with Gasteiger partial charge in [-0.1, -0.05) is 49.2 Å². The fourth-order valence-electron chi connectivity index (χ4n) is 6.45. The number of aliphatic hydroxyl groups excluding tert-OH is 1. The minimum absolute atomic E-state index is 0.00372. The average molecular weight is 720 g/mol. The van der Waals surface area contributed by atoms with Crippen molar-refractivity contribution in [3.63, 3.8) is 0 Å². The molecule has 3 aromatic rings. The molecule has 2 aromatic carbocycles. The average Bonchev–Trinajstić information content (AvgIpc) is 3.77. The van der Waals surface area contributed by atoms with Crippen LogP contribution >= 0.6 is 23.1 Å². The van der Waals surface area contributed by atoms with E-state index in [9.17, 15) is 29.1 Å². The number of imide groups is 1. The van der Waals surface area contributed by atoms with E-state index in [1.165, 1.54) is 16.7 Å². The van der Waals surface area contributed by atoms with Crippen molar-refractivity contribution < 1.29 is 29.1 Å². The molecular formula is C37H45N5O6S2. The number of thiazole rings is 1. The molecule has 3 N–H and O–H groups in total. The number of hydrogen-bond donors (Lipinski definition) is 3. The number of thioether (sulfide) groups is 1. The lowest BCUT2D eigenvalue weighted by Crippen LogP contribution is -2.59. The number of fused-ring (bicyclic) bond motifs is 1. The summed E-state index contributed by atoms with van der Waals surface area (Å²) in [5.74, 6) is -0.880. The minimum Gasteiger partial charge on any atom is -0.391 e. The number of aryl methyl sites for hydroxylation is 1. The maximum Gasteiger partial charge on any atom is 0.261 e. The van der Waals surface area contributed by atoms with Crippen LogP contribution in [0.15, 0.2) is 54.0 Å². The molecule has 0 unspecified atom stereocenters. The van der Waals surface area contributed by atoms with Crippen molar-refractivity contribution in [3.8, 4) is 10.4 Å². The van der Waals surface area contributed by atoms with Crippen molar-refractivity contribution in [2.75, 3.05) is 18.8 Å². The highest BCUT2D eigenvalue weighted by atomic mass is 32.2. The third kappa shape index (κ3) is 8.62. The standard InChI is InChI=1S/C37H45N5O6S2/c1-23-31(49-22-39-23)26-15-13-25(14-16-26)20-38-33(45)30-19-27(44)21-42(30)36(48)32(40-24(2)43)37(3,4)50-18-10-6-5-9-17-41-34(46)28-11-7-8-12-29(28)35(41)47/h7-8,11-16,22,27,30,32,44H,5-6,9-10,17-21H2,1-4H3,(H,38,45)(H,40,43)/t27-,30+,32-/m1/s1. The van der Waals surface area contributed by atoms with Gasteiger partial charge in [0.25, 0.3) is 11.8 Å². The number of β-amino-alcohol motifs (C(OH)–C–C–N with tert-alkyl or cyclic N) is 1. The zero-order valence-corrected chi connectivity index (χ0v) is 30.6. The fourth-order valence-corrected chi connectivity index (χ4v) is 8.47. The maximum atomic E-state index is 14.0. The summed E-state index contributed by atoms with van der Waals surface area (Å²) in [7, 11) is 0. The molecule has 0 spiro atoms. The van der Waals surface area contributed by atoms with Crippen molar-refractivity contribution in [2.45, 2.75) is 89.3 Å². The van der Waals surface area contributed by atoms with E-state index in [0.29, 0.717) is 24.1 Å². The number of hydrogen-bond acceptors (Lipinski definition) is 9. The van der Waals surface area contributed by atoms with E-state index in [2.05, 4.69) is 15.6 Å². The topological polar surface area (TPSA) is 149 Å². The summed E-state index contributed by atoms with van der Waals surface area (Å²) < 4.78 is -0.713. The maximum absolute atomic E-state index is 14.0. The summed E-state index contributed by atoms with van der Waals surface area (Å²) in [5, 5.41) is 16.3. The molecule has 2 aliphatic rings. The van der Waals surface area contributed by atoms with Crippen LogP contribution in [0.4, 0.5) is 0 Å². The van der Waals surface area contributed by atoms with Crippen LogP contribution in [0.3, 0.4) is 0 Å². The zero-order chi connectivity index (χ0) is 36.0. The molecule has 266 valence electrons. The van der Waals surface area contributed by atoms with Crippen molar-refractivity contribution in [3.05, 3.63) is 76.4 Å². The largest absolute Gasteiger partial charge is 0.391 e. The number of unbranched alkanes of at least 4 members (excludes halogenated alkanes) is 3. The molecule has 1 saturated heterocycles. The summed E-state index contributed by atoms with van der Waals surface area (Å²) in [6, 6.07) is 13.0. The Labute approximate surface area is 301 Å². The Bertz CT molecular complexity index is 1690. The number of rotatable bonds is 15. The molecule has 2 aliphatic heterocycles. The molecule has 13 heteroatoms. The second-order valence-corrected chi connectivity index (χ2v) is 16.0. The van der Waals surface area contributed by atoms with Crippen molar-refractivity contribution in [1.29, 1.82) is 0 Å². The van der Waals surface area contributed by atoms with Gasteiger partial charge in [0.1, 0.15) is 12.1 Å². The number of carbonyl (C=O) groups excluding carboxylic acids is 5. The number of nitrogens with zero attached hydrogens (tertiary/aromatic N) is 3. The normalized spacial score (nSPS) is 17.9. The number of benzene rings is 2. The van der Waals surface area contributed by atoms with Crippen LogP contribution in [-0.2, 0) is 20.9 Å². The number of nitrogens with one attached hydrogen (secondary N) is 2. The first-order valence-electron chi connectivity index (χ1n) is 17.0. The molecule has 3 atom stereocenters. The van der Waals surface area contributed by atoms with E-state index in [4.69, 9.17) is 0 Å².